The lowest BCUT2D eigenvalue weighted by Gasteiger charge is -2.26. The summed E-state index contributed by atoms with van der Waals surface area (Å²) >= 11 is 1.48. The first-order valence-corrected chi connectivity index (χ1v) is 9.22. The van der Waals surface area contributed by atoms with Crippen molar-refractivity contribution >= 4 is 22.4 Å². The molecule has 0 unspecified atom stereocenters. The predicted molar refractivity (Wildman–Crippen MR) is 99.3 cm³/mol. The maximum atomic E-state index is 11.2. The van der Waals surface area contributed by atoms with Crippen LogP contribution in [0.4, 0.5) is 5.13 Å². The van der Waals surface area contributed by atoms with Crippen molar-refractivity contribution in [2.75, 3.05) is 44.8 Å². The maximum absolute atomic E-state index is 11.2. The minimum atomic E-state index is -0.107. The second-order valence-electron chi connectivity index (χ2n) is 5.93. The molecule has 7 heteroatoms. The summed E-state index contributed by atoms with van der Waals surface area (Å²) in [6.45, 7) is 8.64. The molecule has 1 fully saturated rings. The van der Waals surface area contributed by atoms with Crippen molar-refractivity contribution in [3.8, 4) is 17.0 Å². The van der Waals surface area contributed by atoms with E-state index in [4.69, 9.17) is 9.47 Å². The van der Waals surface area contributed by atoms with Gasteiger partial charge in [0, 0.05) is 37.0 Å². The zero-order chi connectivity index (χ0) is 17.6. The molecule has 0 aliphatic carbocycles. The van der Waals surface area contributed by atoms with Crippen molar-refractivity contribution in [2.45, 2.75) is 13.8 Å². The van der Waals surface area contributed by atoms with E-state index in [2.05, 4.69) is 15.2 Å². The Morgan fingerprint density at radius 1 is 1.32 bits per heavy atom. The molecule has 25 heavy (non-hydrogen) atoms. The van der Waals surface area contributed by atoms with Crippen LogP contribution in [0.5, 0.6) is 5.75 Å². The monoisotopic (exact) mass is 361 g/mol. The van der Waals surface area contributed by atoms with E-state index in [1.54, 1.807) is 0 Å². The molecule has 2 aromatic rings. The number of benzene rings is 1. The topological polar surface area (TPSA) is 63.7 Å². The van der Waals surface area contributed by atoms with Gasteiger partial charge in [-0.15, -0.1) is 11.3 Å². The number of rotatable bonds is 6. The number of nitrogens with one attached hydrogen (secondary N) is 1. The van der Waals surface area contributed by atoms with Crippen molar-refractivity contribution < 1.29 is 14.3 Å². The molecule has 0 spiro atoms. The molecule has 3 rings (SSSR count). The normalized spacial score (nSPS) is 15.1. The Morgan fingerprint density at radius 3 is 2.72 bits per heavy atom. The van der Waals surface area contributed by atoms with E-state index < -0.39 is 0 Å². The predicted octanol–water partition coefficient (Wildman–Crippen LogP) is 2.79. The fourth-order valence-electron chi connectivity index (χ4n) is 2.69. The molecule has 1 aliphatic heterocycles. The third-order valence-corrected chi connectivity index (χ3v) is 4.87. The van der Waals surface area contributed by atoms with E-state index in [0.29, 0.717) is 11.7 Å². The third kappa shape index (κ3) is 5.01. The van der Waals surface area contributed by atoms with Crippen LogP contribution >= 0.6 is 11.3 Å². The largest absolute Gasteiger partial charge is 0.492 e. The quantitative estimate of drug-likeness (QED) is 0.857. The van der Waals surface area contributed by atoms with Crippen LogP contribution in [0.15, 0.2) is 24.3 Å². The second kappa shape index (κ2) is 8.42. The minimum absolute atomic E-state index is 0.107. The van der Waals surface area contributed by atoms with Crippen molar-refractivity contribution in [1.82, 2.24) is 9.88 Å². The Morgan fingerprint density at radius 2 is 2.04 bits per heavy atom. The van der Waals surface area contributed by atoms with Gasteiger partial charge >= 0.3 is 0 Å². The van der Waals surface area contributed by atoms with Gasteiger partial charge in [0.15, 0.2) is 5.13 Å². The number of amides is 1. The molecule has 2 heterocycles. The number of carbonyl (C=O) groups is 1. The van der Waals surface area contributed by atoms with E-state index in [9.17, 15) is 4.79 Å². The summed E-state index contributed by atoms with van der Waals surface area (Å²) in [5.41, 5.74) is 1.92. The van der Waals surface area contributed by atoms with Crippen LogP contribution in [-0.4, -0.2) is 55.2 Å². The van der Waals surface area contributed by atoms with E-state index >= 15 is 0 Å². The standard InChI is InChI=1S/C18H23N3O3S/c1-13-17(20-18(25-13)19-14(2)22)15-3-5-16(6-4-15)24-12-9-21-7-10-23-11-8-21/h3-6H,7-12H2,1-2H3,(H,19,20,22). The maximum Gasteiger partial charge on any atom is 0.223 e. The van der Waals surface area contributed by atoms with Crippen molar-refractivity contribution in [3.05, 3.63) is 29.1 Å². The van der Waals surface area contributed by atoms with Gasteiger partial charge in [-0.05, 0) is 31.2 Å². The summed E-state index contributed by atoms with van der Waals surface area (Å²) in [6, 6.07) is 7.93. The number of hydrogen-bond acceptors (Lipinski definition) is 6. The molecule has 0 atom stereocenters. The summed E-state index contributed by atoms with van der Waals surface area (Å²) in [5.74, 6) is 0.747. The molecule has 1 aliphatic rings. The fraction of sp³-hybridized carbons (Fsp3) is 0.444. The zero-order valence-electron chi connectivity index (χ0n) is 14.6. The Balaban J connectivity index is 1.56. The summed E-state index contributed by atoms with van der Waals surface area (Å²) in [4.78, 5) is 19.1. The lowest BCUT2D eigenvalue weighted by atomic mass is 10.1. The molecule has 1 aromatic heterocycles. The number of thiazole rings is 1. The molecule has 1 N–H and O–H groups in total. The first-order valence-electron chi connectivity index (χ1n) is 8.40. The number of carbonyl (C=O) groups excluding carboxylic acids is 1. The highest BCUT2D eigenvalue weighted by Crippen LogP contribution is 2.31. The van der Waals surface area contributed by atoms with Crippen LogP contribution in [0, 0.1) is 6.92 Å². The zero-order valence-corrected chi connectivity index (χ0v) is 15.4. The average molecular weight is 361 g/mol. The SMILES string of the molecule is CC(=O)Nc1nc(-c2ccc(OCCN3CCOCC3)cc2)c(C)s1. The molecule has 6 nitrogen and oxygen atoms in total. The van der Waals surface area contributed by atoms with Gasteiger partial charge in [-0.1, -0.05) is 0 Å². The van der Waals surface area contributed by atoms with Gasteiger partial charge in [-0.3, -0.25) is 9.69 Å². The molecule has 1 saturated heterocycles. The Hall–Kier alpha value is -1.96. The van der Waals surface area contributed by atoms with Crippen molar-refractivity contribution in [2.24, 2.45) is 0 Å². The molecule has 1 amide bonds. The van der Waals surface area contributed by atoms with Gasteiger partial charge in [0.2, 0.25) is 5.91 Å². The van der Waals surface area contributed by atoms with Crippen LogP contribution in [0.25, 0.3) is 11.3 Å². The van der Waals surface area contributed by atoms with E-state index in [1.165, 1.54) is 18.3 Å². The van der Waals surface area contributed by atoms with Crippen LogP contribution in [0.1, 0.15) is 11.8 Å². The van der Waals surface area contributed by atoms with E-state index in [1.807, 2.05) is 31.2 Å². The van der Waals surface area contributed by atoms with Gasteiger partial charge in [-0.2, -0.15) is 0 Å². The molecule has 0 saturated carbocycles. The number of anilines is 1. The summed E-state index contributed by atoms with van der Waals surface area (Å²) in [5, 5.41) is 3.37. The van der Waals surface area contributed by atoms with Gasteiger partial charge in [-0.25, -0.2) is 4.98 Å². The molecule has 134 valence electrons. The highest BCUT2D eigenvalue weighted by Gasteiger charge is 2.12. The summed E-state index contributed by atoms with van der Waals surface area (Å²) < 4.78 is 11.2. The van der Waals surface area contributed by atoms with Crippen LogP contribution in [-0.2, 0) is 9.53 Å². The first kappa shape index (κ1) is 17.8. The lowest BCUT2D eigenvalue weighted by Crippen LogP contribution is -2.38. The minimum Gasteiger partial charge on any atom is -0.492 e. The summed E-state index contributed by atoms with van der Waals surface area (Å²) in [6.07, 6.45) is 0. The number of aromatic nitrogens is 1. The van der Waals surface area contributed by atoms with Gasteiger partial charge in [0.25, 0.3) is 0 Å². The smallest absolute Gasteiger partial charge is 0.223 e. The van der Waals surface area contributed by atoms with Crippen molar-refractivity contribution in [3.63, 3.8) is 0 Å². The summed E-state index contributed by atoms with van der Waals surface area (Å²) in [7, 11) is 0. The van der Waals surface area contributed by atoms with Crippen LogP contribution < -0.4 is 10.1 Å². The highest BCUT2D eigenvalue weighted by molar-refractivity contribution is 7.16. The Bertz CT molecular complexity index is 709. The van der Waals surface area contributed by atoms with E-state index in [-0.39, 0.29) is 5.91 Å². The molecule has 0 bridgehead atoms. The Kier molecular flexibility index (Phi) is 6.01. The van der Waals surface area contributed by atoms with Crippen LogP contribution in [0.2, 0.25) is 0 Å². The second-order valence-corrected chi connectivity index (χ2v) is 7.14. The molecular formula is C18H23N3O3S. The van der Waals surface area contributed by atoms with Gasteiger partial charge in [0.05, 0.1) is 18.9 Å². The lowest BCUT2D eigenvalue weighted by molar-refractivity contribution is -0.114. The Labute approximate surface area is 151 Å². The molecular weight excluding hydrogens is 338 g/mol. The highest BCUT2D eigenvalue weighted by atomic mass is 32.1. The number of morpholine rings is 1. The first-order chi connectivity index (χ1) is 12.1. The fourth-order valence-corrected chi connectivity index (χ4v) is 3.58. The van der Waals surface area contributed by atoms with E-state index in [0.717, 1.165) is 54.7 Å². The van der Waals surface area contributed by atoms with Gasteiger partial charge < -0.3 is 14.8 Å². The molecule has 0 radical (unpaired) electrons. The van der Waals surface area contributed by atoms with Crippen molar-refractivity contribution in [1.29, 1.82) is 0 Å². The number of nitrogens with zero attached hydrogens (tertiary/aromatic N) is 2. The molecule has 1 aromatic carbocycles. The average Bonchev–Trinajstić information content (AvgIpc) is 2.96. The number of ether oxygens (including phenoxy) is 2. The number of aryl methyl sites for hydroxylation is 1. The number of hydrogen-bond donors (Lipinski definition) is 1. The van der Waals surface area contributed by atoms with Crippen LogP contribution in [0.3, 0.4) is 0 Å². The third-order valence-electron chi connectivity index (χ3n) is 3.99. The van der Waals surface area contributed by atoms with Gasteiger partial charge in [0.1, 0.15) is 12.4 Å².